The van der Waals surface area contributed by atoms with Crippen LogP contribution in [0, 0.1) is 0 Å². The van der Waals surface area contributed by atoms with E-state index in [4.69, 9.17) is 14.1 Å². The second-order valence-corrected chi connectivity index (χ2v) is 13.1. The summed E-state index contributed by atoms with van der Waals surface area (Å²) in [6.45, 7) is 2.60. The summed E-state index contributed by atoms with van der Waals surface area (Å²) >= 11 is 0. The van der Waals surface area contributed by atoms with Crippen LogP contribution in [0.5, 0.6) is 0 Å². The maximum absolute atomic E-state index is 10.9. The molecule has 0 heterocycles. The van der Waals surface area contributed by atoms with E-state index < -0.39 is 14.7 Å². The van der Waals surface area contributed by atoms with Crippen molar-refractivity contribution in [1.82, 2.24) is 0 Å². The molecular weight excluding hydrogens is 246 g/mol. The van der Waals surface area contributed by atoms with E-state index in [1.165, 1.54) is 0 Å². The fourth-order valence-corrected chi connectivity index (χ4v) is 6.47. The van der Waals surface area contributed by atoms with Gasteiger partial charge in [-0.05, 0) is 0 Å². The molecule has 0 unspecified atom stereocenters. The van der Waals surface area contributed by atoms with E-state index in [1.807, 2.05) is 30.3 Å². The van der Waals surface area contributed by atoms with Gasteiger partial charge in [0.25, 0.3) is 0 Å². The summed E-state index contributed by atoms with van der Waals surface area (Å²) in [5.74, 6) is 0. The summed E-state index contributed by atoms with van der Waals surface area (Å²) in [6.07, 6.45) is 0.553. The Labute approximate surface area is 95.9 Å². The zero-order chi connectivity index (χ0) is 12.5. The van der Waals surface area contributed by atoms with Crippen LogP contribution in [-0.2, 0) is 15.0 Å². The van der Waals surface area contributed by atoms with Gasteiger partial charge in [-0.2, -0.15) is 0 Å². The molecule has 0 saturated heterocycles. The normalized spacial score (nSPS) is 15.4. The van der Waals surface area contributed by atoms with Gasteiger partial charge >= 0.3 is 95.4 Å². The quantitative estimate of drug-likeness (QED) is 0.820. The summed E-state index contributed by atoms with van der Waals surface area (Å²) in [5.41, 5.74) is 1.03. The Morgan fingerprint density at radius 2 is 1.69 bits per heavy atom. The predicted octanol–water partition coefficient (Wildman–Crippen LogP) is 2.65. The molecule has 1 aromatic carbocycles. The summed E-state index contributed by atoms with van der Waals surface area (Å²) in [7, 11) is -4.43. The molecule has 0 spiro atoms. The Balaban J connectivity index is 2.89. The van der Waals surface area contributed by atoms with Crippen LogP contribution in [0.2, 0.25) is 0 Å². The fourth-order valence-electron chi connectivity index (χ4n) is 1.63. The minimum atomic E-state index is -4.43. The van der Waals surface area contributed by atoms with Gasteiger partial charge in [0.15, 0.2) is 0 Å². The Morgan fingerprint density at radius 3 is 2.12 bits per heavy atom. The monoisotopic (exact) mass is 264 g/mol. The zero-order valence-electron chi connectivity index (χ0n) is 9.70. The summed E-state index contributed by atoms with van der Waals surface area (Å²) in [6, 6.07) is 9.57. The molecule has 0 bridgehead atoms. The van der Waals surface area contributed by atoms with E-state index >= 15 is 0 Å². The summed E-state index contributed by atoms with van der Waals surface area (Å²) in [4.78, 5) is 17.8. The predicted molar refractivity (Wildman–Crippen MR) is 68.0 cm³/mol. The number of hydrogen-bond donors (Lipinski definition) is 2. The van der Waals surface area contributed by atoms with Crippen molar-refractivity contribution in [2.75, 3.05) is 20.0 Å². The van der Waals surface area contributed by atoms with Gasteiger partial charge in [0.05, 0.1) is 0 Å². The van der Waals surface area contributed by atoms with Gasteiger partial charge in [-0.1, -0.05) is 0 Å². The molecule has 92 valence electrons. The standard InChI is InChI=1S/C10H18O4P2/c1-16(2,3,14-15(11,12)13)9-10-7-5-4-6-8-10/h4-8H,9H2,1-3H3,(H2,11,12,13). The molecule has 0 saturated carbocycles. The average molecular weight is 264 g/mol. The first kappa shape index (κ1) is 13.8. The first-order valence-corrected chi connectivity index (χ1v) is 10.1. The van der Waals surface area contributed by atoms with E-state index in [0.29, 0.717) is 6.16 Å². The molecule has 0 aliphatic rings. The molecule has 0 atom stereocenters. The van der Waals surface area contributed by atoms with Crippen molar-refractivity contribution in [3.8, 4) is 0 Å². The molecule has 0 aliphatic heterocycles. The van der Waals surface area contributed by atoms with Gasteiger partial charge in [0.1, 0.15) is 0 Å². The van der Waals surface area contributed by atoms with E-state index in [9.17, 15) is 4.57 Å². The van der Waals surface area contributed by atoms with Gasteiger partial charge in [-0.15, -0.1) is 0 Å². The molecule has 0 aromatic heterocycles. The van der Waals surface area contributed by atoms with Gasteiger partial charge < -0.3 is 0 Å². The van der Waals surface area contributed by atoms with Crippen molar-refractivity contribution in [2.45, 2.75) is 6.16 Å². The van der Waals surface area contributed by atoms with Crippen molar-refractivity contribution in [3.63, 3.8) is 0 Å². The van der Waals surface area contributed by atoms with Crippen LogP contribution in [0.3, 0.4) is 0 Å². The van der Waals surface area contributed by atoms with Crippen molar-refractivity contribution < 1.29 is 18.7 Å². The molecule has 0 aliphatic carbocycles. The average Bonchev–Trinajstić information content (AvgIpc) is 1.97. The van der Waals surface area contributed by atoms with Crippen molar-refractivity contribution in [2.24, 2.45) is 0 Å². The van der Waals surface area contributed by atoms with Gasteiger partial charge in [-0.3, -0.25) is 0 Å². The van der Waals surface area contributed by atoms with Crippen molar-refractivity contribution >= 4 is 14.7 Å². The Hall–Kier alpha value is -0.240. The third-order valence-electron chi connectivity index (χ3n) is 1.97. The first-order valence-electron chi connectivity index (χ1n) is 4.87. The third kappa shape index (κ3) is 5.20. The molecule has 1 aromatic rings. The van der Waals surface area contributed by atoms with Crippen LogP contribution < -0.4 is 0 Å². The molecule has 2 N–H and O–H groups in total. The number of phosphoric acid groups is 1. The van der Waals surface area contributed by atoms with E-state index in [2.05, 4.69) is 0 Å². The van der Waals surface area contributed by atoms with Crippen LogP contribution in [0.4, 0.5) is 0 Å². The molecule has 16 heavy (non-hydrogen) atoms. The molecule has 4 nitrogen and oxygen atoms in total. The number of benzene rings is 1. The molecule has 0 amide bonds. The first-order chi connectivity index (χ1) is 7.05. The minimum absolute atomic E-state index is 0.553. The van der Waals surface area contributed by atoms with Crippen LogP contribution >= 0.6 is 14.7 Å². The Morgan fingerprint density at radius 1 is 1.19 bits per heavy atom. The molecular formula is C10H18O4P2. The number of hydrogen-bond acceptors (Lipinski definition) is 2. The topological polar surface area (TPSA) is 66.8 Å². The molecule has 0 fully saturated rings. The Bertz CT molecular complexity index is 402. The fraction of sp³-hybridized carbons (Fsp3) is 0.400. The second-order valence-electron chi connectivity index (χ2n) is 5.18. The van der Waals surface area contributed by atoms with Crippen LogP contribution in [0.25, 0.3) is 0 Å². The van der Waals surface area contributed by atoms with Crippen LogP contribution in [0.15, 0.2) is 30.3 Å². The number of rotatable bonds is 4. The Kier molecular flexibility index (Phi) is 3.64. The molecule has 1 rings (SSSR count). The molecule has 6 heteroatoms. The van der Waals surface area contributed by atoms with Crippen molar-refractivity contribution in [1.29, 1.82) is 0 Å². The van der Waals surface area contributed by atoms with Gasteiger partial charge in [0.2, 0.25) is 0 Å². The summed E-state index contributed by atoms with van der Waals surface area (Å²) < 4.78 is 16.0. The second kappa shape index (κ2) is 4.21. The zero-order valence-corrected chi connectivity index (χ0v) is 11.5. The maximum atomic E-state index is 10.9. The van der Waals surface area contributed by atoms with Crippen LogP contribution in [-0.4, -0.2) is 29.8 Å². The van der Waals surface area contributed by atoms with E-state index in [0.717, 1.165) is 5.56 Å². The van der Waals surface area contributed by atoms with E-state index in [1.54, 1.807) is 20.0 Å². The summed E-state index contributed by atoms with van der Waals surface area (Å²) in [5, 5.41) is 0. The van der Waals surface area contributed by atoms with Crippen LogP contribution in [0.1, 0.15) is 5.56 Å². The van der Waals surface area contributed by atoms with E-state index in [-0.39, 0.29) is 0 Å². The van der Waals surface area contributed by atoms with Crippen molar-refractivity contribution in [3.05, 3.63) is 35.9 Å². The van der Waals surface area contributed by atoms with Gasteiger partial charge in [0, 0.05) is 0 Å². The third-order valence-corrected chi connectivity index (χ3v) is 6.69. The SMILES string of the molecule is CP(C)(C)(Cc1ccccc1)OP(=O)(O)O. The van der Waals surface area contributed by atoms with Gasteiger partial charge in [-0.25, -0.2) is 0 Å². The molecule has 0 radical (unpaired) electrons.